The van der Waals surface area contributed by atoms with Crippen LogP contribution >= 0.6 is 11.6 Å². The quantitative estimate of drug-likeness (QED) is 0.776. The minimum Gasteiger partial charge on any atom is -0.488 e. The Morgan fingerprint density at radius 3 is 3.00 bits per heavy atom. The lowest BCUT2D eigenvalue weighted by Gasteiger charge is -2.30. The number of piperidine rings is 1. The Bertz CT molecular complexity index is 408. The summed E-state index contributed by atoms with van der Waals surface area (Å²) in [7, 11) is 2.09. The van der Waals surface area contributed by atoms with Crippen molar-refractivity contribution in [3.05, 3.63) is 28.8 Å². The van der Waals surface area contributed by atoms with Crippen LogP contribution in [0.3, 0.4) is 0 Å². The van der Waals surface area contributed by atoms with E-state index in [1.54, 1.807) is 18.2 Å². The van der Waals surface area contributed by atoms with Crippen LogP contribution in [0.15, 0.2) is 18.2 Å². The highest BCUT2D eigenvalue weighted by Gasteiger charge is 2.19. The predicted octanol–water partition coefficient (Wildman–Crippen LogP) is 2.63. The molecule has 92 valence electrons. The van der Waals surface area contributed by atoms with Crippen molar-refractivity contribution in [3.8, 4) is 5.75 Å². The number of rotatable bonds is 3. The van der Waals surface area contributed by atoms with Crippen LogP contribution in [-0.4, -0.2) is 37.4 Å². The highest BCUT2D eigenvalue weighted by atomic mass is 35.5. The SMILES string of the molecule is CN1CCCC(Oc2ccc(C=O)cc2Cl)C1. The molecule has 0 amide bonds. The molecule has 1 heterocycles. The van der Waals surface area contributed by atoms with Gasteiger partial charge < -0.3 is 9.64 Å². The van der Waals surface area contributed by atoms with E-state index < -0.39 is 0 Å². The van der Waals surface area contributed by atoms with Gasteiger partial charge in [0.1, 0.15) is 18.1 Å². The normalized spacial score (nSPS) is 21.2. The first kappa shape index (κ1) is 12.4. The fourth-order valence-corrected chi connectivity index (χ4v) is 2.31. The van der Waals surface area contributed by atoms with Gasteiger partial charge in [0.2, 0.25) is 0 Å². The molecule has 0 radical (unpaired) electrons. The first-order valence-electron chi connectivity index (χ1n) is 5.79. The Labute approximate surface area is 106 Å². The van der Waals surface area contributed by atoms with Gasteiger partial charge in [0.25, 0.3) is 0 Å². The Kier molecular flexibility index (Phi) is 4.02. The summed E-state index contributed by atoms with van der Waals surface area (Å²) >= 11 is 6.07. The van der Waals surface area contributed by atoms with Crippen LogP contribution in [-0.2, 0) is 0 Å². The Balaban J connectivity index is 2.05. The van der Waals surface area contributed by atoms with E-state index in [9.17, 15) is 4.79 Å². The van der Waals surface area contributed by atoms with Gasteiger partial charge in [0.05, 0.1) is 5.02 Å². The van der Waals surface area contributed by atoms with Gasteiger partial charge in [-0.1, -0.05) is 11.6 Å². The number of benzene rings is 1. The summed E-state index contributed by atoms with van der Waals surface area (Å²) < 4.78 is 5.87. The average Bonchev–Trinajstić information content (AvgIpc) is 2.32. The Morgan fingerprint density at radius 1 is 1.53 bits per heavy atom. The van der Waals surface area contributed by atoms with Crippen LogP contribution in [0, 0.1) is 0 Å². The lowest BCUT2D eigenvalue weighted by molar-refractivity contribution is 0.104. The van der Waals surface area contributed by atoms with E-state index in [0.29, 0.717) is 16.3 Å². The molecule has 0 aliphatic carbocycles. The van der Waals surface area contributed by atoms with Crippen molar-refractivity contribution in [2.24, 2.45) is 0 Å². The molecule has 1 fully saturated rings. The summed E-state index contributed by atoms with van der Waals surface area (Å²) in [5, 5.41) is 0.503. The molecule has 1 saturated heterocycles. The summed E-state index contributed by atoms with van der Waals surface area (Å²) in [6.45, 7) is 2.05. The second kappa shape index (κ2) is 5.52. The number of hydrogen-bond acceptors (Lipinski definition) is 3. The van der Waals surface area contributed by atoms with Gasteiger partial charge in [-0.25, -0.2) is 0 Å². The largest absolute Gasteiger partial charge is 0.488 e. The van der Waals surface area contributed by atoms with Gasteiger partial charge in [0.15, 0.2) is 0 Å². The number of likely N-dealkylation sites (tertiary alicyclic amines) is 1. The third-order valence-corrected chi connectivity index (χ3v) is 3.26. The molecule has 0 aromatic heterocycles. The molecule has 1 unspecified atom stereocenters. The van der Waals surface area contributed by atoms with Crippen molar-refractivity contribution in [2.75, 3.05) is 20.1 Å². The zero-order chi connectivity index (χ0) is 12.3. The monoisotopic (exact) mass is 253 g/mol. The molecule has 1 aromatic carbocycles. The Hall–Kier alpha value is -1.06. The summed E-state index contributed by atoms with van der Waals surface area (Å²) in [5.74, 6) is 0.664. The number of hydrogen-bond donors (Lipinski definition) is 0. The smallest absolute Gasteiger partial charge is 0.150 e. The van der Waals surface area contributed by atoms with E-state index in [2.05, 4.69) is 11.9 Å². The molecule has 0 saturated carbocycles. The van der Waals surface area contributed by atoms with E-state index in [1.165, 1.54) is 0 Å². The summed E-state index contributed by atoms with van der Waals surface area (Å²) in [6, 6.07) is 5.12. The fourth-order valence-electron chi connectivity index (χ4n) is 2.08. The molecule has 17 heavy (non-hydrogen) atoms. The topological polar surface area (TPSA) is 29.5 Å². The van der Waals surface area contributed by atoms with Crippen molar-refractivity contribution >= 4 is 17.9 Å². The molecule has 1 aliphatic heterocycles. The van der Waals surface area contributed by atoms with Crippen LogP contribution in [0.1, 0.15) is 23.2 Å². The molecule has 0 N–H and O–H groups in total. The number of nitrogens with zero attached hydrogens (tertiary/aromatic N) is 1. The molecular weight excluding hydrogens is 238 g/mol. The van der Waals surface area contributed by atoms with Crippen LogP contribution in [0.5, 0.6) is 5.75 Å². The van der Waals surface area contributed by atoms with Gasteiger partial charge >= 0.3 is 0 Å². The summed E-state index contributed by atoms with van der Waals surface area (Å²) in [5.41, 5.74) is 0.572. The maximum Gasteiger partial charge on any atom is 0.150 e. The van der Waals surface area contributed by atoms with Crippen molar-refractivity contribution < 1.29 is 9.53 Å². The van der Waals surface area contributed by atoms with Crippen LogP contribution in [0.4, 0.5) is 0 Å². The van der Waals surface area contributed by atoms with E-state index in [4.69, 9.17) is 16.3 Å². The third-order valence-electron chi connectivity index (χ3n) is 2.97. The van der Waals surface area contributed by atoms with Gasteiger partial charge in [-0.05, 0) is 44.6 Å². The second-order valence-corrected chi connectivity index (χ2v) is 4.86. The Morgan fingerprint density at radius 2 is 2.35 bits per heavy atom. The highest BCUT2D eigenvalue weighted by Crippen LogP contribution is 2.27. The number of likely N-dealkylation sites (N-methyl/N-ethyl adjacent to an activating group) is 1. The minimum atomic E-state index is 0.188. The average molecular weight is 254 g/mol. The van der Waals surface area contributed by atoms with E-state index in [-0.39, 0.29) is 6.10 Å². The molecule has 2 rings (SSSR count). The highest BCUT2D eigenvalue weighted by molar-refractivity contribution is 6.32. The molecule has 1 atom stereocenters. The standard InChI is InChI=1S/C13H16ClNO2/c1-15-6-2-3-11(8-15)17-13-5-4-10(9-16)7-12(13)14/h4-5,7,9,11H,2-3,6,8H2,1H3. The van der Waals surface area contributed by atoms with Gasteiger partial charge in [-0.15, -0.1) is 0 Å². The molecule has 3 nitrogen and oxygen atoms in total. The number of aldehydes is 1. The number of ether oxygens (including phenoxy) is 1. The first-order chi connectivity index (χ1) is 8.19. The molecule has 4 heteroatoms. The predicted molar refractivity (Wildman–Crippen MR) is 68.0 cm³/mol. The second-order valence-electron chi connectivity index (χ2n) is 4.45. The summed E-state index contributed by atoms with van der Waals surface area (Å²) in [6.07, 6.45) is 3.17. The van der Waals surface area contributed by atoms with Crippen molar-refractivity contribution in [2.45, 2.75) is 18.9 Å². The van der Waals surface area contributed by atoms with E-state index in [1.807, 2.05) is 0 Å². The molecule has 1 aromatic rings. The maximum absolute atomic E-state index is 10.6. The zero-order valence-corrected chi connectivity index (χ0v) is 10.6. The molecule has 0 bridgehead atoms. The van der Waals surface area contributed by atoms with Crippen LogP contribution in [0.2, 0.25) is 5.02 Å². The lowest BCUT2D eigenvalue weighted by atomic mass is 10.1. The summed E-state index contributed by atoms with van der Waals surface area (Å²) in [4.78, 5) is 12.8. The van der Waals surface area contributed by atoms with Crippen LogP contribution < -0.4 is 4.74 Å². The zero-order valence-electron chi connectivity index (χ0n) is 9.86. The van der Waals surface area contributed by atoms with E-state index >= 15 is 0 Å². The van der Waals surface area contributed by atoms with Gasteiger partial charge in [0, 0.05) is 12.1 Å². The number of carbonyl (C=O) groups excluding carboxylic acids is 1. The van der Waals surface area contributed by atoms with Gasteiger partial charge in [-0.2, -0.15) is 0 Å². The maximum atomic E-state index is 10.6. The van der Waals surface area contributed by atoms with Crippen molar-refractivity contribution in [1.29, 1.82) is 0 Å². The number of carbonyl (C=O) groups is 1. The van der Waals surface area contributed by atoms with E-state index in [0.717, 1.165) is 32.2 Å². The van der Waals surface area contributed by atoms with Crippen LogP contribution in [0.25, 0.3) is 0 Å². The van der Waals surface area contributed by atoms with Crippen molar-refractivity contribution in [1.82, 2.24) is 4.90 Å². The van der Waals surface area contributed by atoms with Crippen molar-refractivity contribution in [3.63, 3.8) is 0 Å². The fraction of sp³-hybridized carbons (Fsp3) is 0.462. The first-order valence-corrected chi connectivity index (χ1v) is 6.17. The molecular formula is C13H16ClNO2. The number of halogens is 1. The minimum absolute atomic E-state index is 0.188. The van der Waals surface area contributed by atoms with Gasteiger partial charge in [-0.3, -0.25) is 4.79 Å². The molecule has 0 spiro atoms. The lowest BCUT2D eigenvalue weighted by Crippen LogP contribution is -2.38. The molecule has 1 aliphatic rings. The third kappa shape index (κ3) is 3.20.